The van der Waals surface area contributed by atoms with E-state index in [4.69, 9.17) is 4.98 Å². The zero-order valence-corrected chi connectivity index (χ0v) is 26.0. The fourth-order valence-corrected chi connectivity index (χ4v) is 8.28. The molecular weight excluding hydrogens is 565 g/mol. The molecule has 45 heavy (non-hydrogen) atoms. The van der Waals surface area contributed by atoms with Gasteiger partial charge in [-0.05, 0) is 86.6 Å². The summed E-state index contributed by atoms with van der Waals surface area (Å²) < 4.78 is 2.46. The van der Waals surface area contributed by atoms with Gasteiger partial charge in [-0.2, -0.15) is 0 Å². The fourth-order valence-electron chi connectivity index (χ4n) is 7.16. The molecule has 0 unspecified atom stereocenters. The van der Waals surface area contributed by atoms with E-state index in [1.54, 1.807) is 0 Å². The zero-order chi connectivity index (χ0) is 30.1. The number of aromatic nitrogens is 1. The maximum Gasteiger partial charge on any atom is 0.0890 e. The first-order valence-corrected chi connectivity index (χ1v) is 16.3. The average Bonchev–Trinajstić information content (AvgIpc) is 3.55. The van der Waals surface area contributed by atoms with E-state index in [2.05, 4.69) is 158 Å². The molecule has 0 aliphatic heterocycles. The SMILES string of the molecule is CC1(C)c2ccccc2-c2ccc(N(c3ccc(-c4ccccc4)cc3)c3cnc4c(c3)sc3cc5ccccc5cc34)cc21. The average molecular weight is 595 g/mol. The van der Waals surface area contributed by atoms with Crippen molar-refractivity contribution in [2.75, 3.05) is 4.90 Å². The predicted molar refractivity (Wildman–Crippen MR) is 192 cm³/mol. The molecule has 1 aliphatic carbocycles. The maximum atomic E-state index is 5.12. The number of rotatable bonds is 4. The number of hydrogen-bond acceptors (Lipinski definition) is 3. The second-order valence-corrected chi connectivity index (χ2v) is 13.6. The molecule has 0 N–H and O–H groups in total. The van der Waals surface area contributed by atoms with Gasteiger partial charge in [0.1, 0.15) is 0 Å². The third-order valence-electron chi connectivity index (χ3n) is 9.48. The number of pyridine rings is 1. The summed E-state index contributed by atoms with van der Waals surface area (Å²) >= 11 is 1.82. The van der Waals surface area contributed by atoms with Crippen molar-refractivity contribution >= 4 is 59.5 Å². The molecule has 0 saturated heterocycles. The van der Waals surface area contributed by atoms with E-state index >= 15 is 0 Å². The van der Waals surface area contributed by atoms with Crippen LogP contribution in [0.25, 0.3) is 53.3 Å². The van der Waals surface area contributed by atoms with Crippen molar-refractivity contribution in [1.29, 1.82) is 0 Å². The molecule has 2 aromatic heterocycles. The summed E-state index contributed by atoms with van der Waals surface area (Å²) in [6.45, 7) is 4.68. The summed E-state index contributed by atoms with van der Waals surface area (Å²) in [5, 5.41) is 3.73. The van der Waals surface area contributed by atoms with Gasteiger partial charge in [-0.15, -0.1) is 11.3 Å². The maximum absolute atomic E-state index is 5.12. The van der Waals surface area contributed by atoms with E-state index in [-0.39, 0.29) is 5.41 Å². The zero-order valence-electron chi connectivity index (χ0n) is 25.2. The molecule has 0 bridgehead atoms. The van der Waals surface area contributed by atoms with Crippen LogP contribution in [0.5, 0.6) is 0 Å². The van der Waals surface area contributed by atoms with Crippen molar-refractivity contribution in [2.45, 2.75) is 19.3 Å². The minimum Gasteiger partial charge on any atom is -0.309 e. The highest BCUT2D eigenvalue weighted by Crippen LogP contribution is 2.51. The van der Waals surface area contributed by atoms with Gasteiger partial charge in [0.15, 0.2) is 0 Å². The van der Waals surface area contributed by atoms with E-state index in [1.807, 2.05) is 17.5 Å². The van der Waals surface area contributed by atoms with Gasteiger partial charge in [0.05, 0.1) is 22.1 Å². The quantitative estimate of drug-likeness (QED) is 0.201. The fraction of sp³-hybridized carbons (Fsp3) is 0.0714. The highest BCUT2D eigenvalue weighted by Gasteiger charge is 2.35. The molecule has 2 nitrogen and oxygen atoms in total. The Labute approximate surface area is 266 Å². The summed E-state index contributed by atoms with van der Waals surface area (Å²) in [6, 6.07) is 50.8. The standard InChI is InChI=1S/C42H30N2S/c1-42(2)37-15-9-8-14-34(37)35-21-20-32(24-38(35)42)44(31-18-16-28(17-19-31)27-10-4-3-5-11-27)33-25-40-41(43-26-33)36-22-29-12-6-7-13-30(29)23-39(36)45-40/h3-26H,1-2H3. The first-order valence-electron chi connectivity index (χ1n) is 15.5. The van der Waals surface area contributed by atoms with Crippen LogP contribution in [0.15, 0.2) is 146 Å². The lowest BCUT2D eigenvalue weighted by molar-refractivity contribution is 0.660. The summed E-state index contributed by atoms with van der Waals surface area (Å²) in [5.41, 5.74) is 12.1. The highest BCUT2D eigenvalue weighted by molar-refractivity contribution is 7.25. The van der Waals surface area contributed by atoms with Crippen molar-refractivity contribution < 1.29 is 0 Å². The first-order chi connectivity index (χ1) is 22.0. The molecule has 214 valence electrons. The van der Waals surface area contributed by atoms with Crippen LogP contribution >= 0.6 is 11.3 Å². The predicted octanol–water partition coefficient (Wildman–Crippen LogP) is 12.0. The lowest BCUT2D eigenvalue weighted by Gasteiger charge is -2.28. The number of fused-ring (bicyclic) bond motifs is 7. The molecule has 0 radical (unpaired) electrons. The van der Waals surface area contributed by atoms with Crippen LogP contribution in [0, 0.1) is 0 Å². The summed E-state index contributed by atoms with van der Waals surface area (Å²) in [5.74, 6) is 0. The van der Waals surface area contributed by atoms with Gasteiger partial charge < -0.3 is 4.90 Å². The van der Waals surface area contributed by atoms with Gasteiger partial charge in [-0.1, -0.05) is 111 Å². The molecule has 0 spiro atoms. The number of nitrogens with zero attached hydrogens (tertiary/aromatic N) is 2. The minimum atomic E-state index is -0.0829. The molecule has 0 saturated carbocycles. The monoisotopic (exact) mass is 594 g/mol. The van der Waals surface area contributed by atoms with Crippen LogP contribution in [0.4, 0.5) is 17.1 Å². The number of thiophene rings is 1. The molecule has 9 rings (SSSR count). The molecular formula is C42H30N2S. The second-order valence-electron chi connectivity index (χ2n) is 12.5. The Morgan fingerprint density at radius 1 is 0.533 bits per heavy atom. The normalized spacial score (nSPS) is 13.3. The van der Waals surface area contributed by atoms with E-state index in [1.165, 1.54) is 58.9 Å². The van der Waals surface area contributed by atoms with Crippen LogP contribution in [-0.2, 0) is 5.41 Å². The number of benzene rings is 6. The van der Waals surface area contributed by atoms with Gasteiger partial charge in [0.25, 0.3) is 0 Å². The van der Waals surface area contributed by atoms with Crippen LogP contribution in [0.1, 0.15) is 25.0 Å². The minimum absolute atomic E-state index is 0.0829. The van der Waals surface area contributed by atoms with Gasteiger partial charge in [-0.3, -0.25) is 4.98 Å². The lowest BCUT2D eigenvalue weighted by Crippen LogP contribution is -2.16. The van der Waals surface area contributed by atoms with E-state index < -0.39 is 0 Å². The van der Waals surface area contributed by atoms with Crippen LogP contribution in [0.2, 0.25) is 0 Å². The Hall–Kier alpha value is -5.25. The van der Waals surface area contributed by atoms with Gasteiger partial charge in [0.2, 0.25) is 0 Å². The molecule has 6 aromatic carbocycles. The molecule has 0 fully saturated rings. The summed E-state index contributed by atoms with van der Waals surface area (Å²) in [4.78, 5) is 7.48. The summed E-state index contributed by atoms with van der Waals surface area (Å²) in [7, 11) is 0. The Bertz CT molecular complexity index is 2400. The smallest absolute Gasteiger partial charge is 0.0890 e. The number of hydrogen-bond donors (Lipinski definition) is 0. The largest absolute Gasteiger partial charge is 0.309 e. The highest BCUT2D eigenvalue weighted by atomic mass is 32.1. The van der Waals surface area contributed by atoms with Gasteiger partial charge in [0, 0.05) is 26.9 Å². The molecule has 2 heterocycles. The van der Waals surface area contributed by atoms with Gasteiger partial charge >= 0.3 is 0 Å². The van der Waals surface area contributed by atoms with Crippen molar-refractivity contribution in [3.8, 4) is 22.3 Å². The van der Waals surface area contributed by atoms with Crippen molar-refractivity contribution in [2.24, 2.45) is 0 Å². The molecule has 8 aromatic rings. The van der Waals surface area contributed by atoms with Crippen LogP contribution < -0.4 is 4.90 Å². The van der Waals surface area contributed by atoms with Crippen LogP contribution in [0.3, 0.4) is 0 Å². The van der Waals surface area contributed by atoms with Crippen LogP contribution in [-0.4, -0.2) is 4.98 Å². The third kappa shape index (κ3) is 4.12. The van der Waals surface area contributed by atoms with E-state index in [0.717, 1.165) is 22.6 Å². The van der Waals surface area contributed by atoms with Gasteiger partial charge in [-0.25, -0.2) is 0 Å². The summed E-state index contributed by atoms with van der Waals surface area (Å²) in [6.07, 6.45) is 2.04. The van der Waals surface area contributed by atoms with Crippen molar-refractivity contribution in [1.82, 2.24) is 4.98 Å². The van der Waals surface area contributed by atoms with E-state index in [9.17, 15) is 0 Å². The number of anilines is 3. The Kier molecular flexibility index (Phi) is 5.75. The molecule has 1 aliphatic rings. The molecule has 0 amide bonds. The van der Waals surface area contributed by atoms with Crippen molar-refractivity contribution in [3.05, 3.63) is 157 Å². The second kappa shape index (κ2) is 9.88. The molecule has 0 atom stereocenters. The Morgan fingerprint density at radius 2 is 1.20 bits per heavy atom. The van der Waals surface area contributed by atoms with Crippen molar-refractivity contribution in [3.63, 3.8) is 0 Å². The first kappa shape index (κ1) is 26.2. The topological polar surface area (TPSA) is 16.1 Å². The Balaban J connectivity index is 1.22. The Morgan fingerprint density at radius 3 is 2.02 bits per heavy atom. The lowest BCUT2D eigenvalue weighted by atomic mass is 9.82. The van der Waals surface area contributed by atoms with E-state index in [0.29, 0.717) is 0 Å². The third-order valence-corrected chi connectivity index (χ3v) is 10.6. The molecule has 3 heteroatoms.